The second-order valence-electron chi connectivity index (χ2n) is 6.07. The molecule has 1 aromatic rings. The molecule has 0 aromatic heterocycles. The van der Waals surface area contributed by atoms with Gasteiger partial charge in [-0.25, -0.2) is 0 Å². The fourth-order valence-electron chi connectivity index (χ4n) is 2.26. The van der Waals surface area contributed by atoms with E-state index < -0.39 is 0 Å². The van der Waals surface area contributed by atoms with E-state index in [1.165, 1.54) is 5.56 Å². The second kappa shape index (κ2) is 8.21. The van der Waals surface area contributed by atoms with E-state index in [2.05, 4.69) is 45.1 Å². The van der Waals surface area contributed by atoms with Crippen LogP contribution in [0.2, 0.25) is 0 Å². The first kappa shape index (κ1) is 16.0. The van der Waals surface area contributed by atoms with Gasteiger partial charge in [-0.2, -0.15) is 0 Å². The van der Waals surface area contributed by atoms with Crippen LogP contribution in [-0.4, -0.2) is 20.2 Å². The van der Waals surface area contributed by atoms with Gasteiger partial charge in [-0.05, 0) is 48.9 Å². The summed E-state index contributed by atoms with van der Waals surface area (Å²) in [5.74, 6) is 3.04. The van der Waals surface area contributed by atoms with Gasteiger partial charge in [0.05, 0.1) is 7.11 Å². The quantitative estimate of drug-likeness (QED) is 0.771. The lowest BCUT2D eigenvalue weighted by Gasteiger charge is -2.23. The number of rotatable bonds is 8. The van der Waals surface area contributed by atoms with Crippen molar-refractivity contribution in [1.82, 2.24) is 5.32 Å². The molecule has 0 heterocycles. The molecule has 0 bridgehead atoms. The molecule has 1 N–H and O–H groups in total. The summed E-state index contributed by atoms with van der Waals surface area (Å²) in [7, 11) is 1.75. The first-order valence-corrected chi connectivity index (χ1v) is 7.37. The fraction of sp³-hybridized carbons (Fsp3) is 0.647. The maximum Gasteiger partial charge on any atom is 0.122 e. The molecule has 0 saturated heterocycles. The molecule has 1 unspecified atom stereocenters. The van der Waals surface area contributed by atoms with Gasteiger partial charge < -0.3 is 10.1 Å². The van der Waals surface area contributed by atoms with E-state index in [1.807, 2.05) is 12.1 Å². The Bertz CT molecular complexity index is 360. The monoisotopic (exact) mass is 263 g/mol. The van der Waals surface area contributed by atoms with Crippen molar-refractivity contribution in [3.8, 4) is 5.75 Å². The van der Waals surface area contributed by atoms with Crippen LogP contribution in [0.15, 0.2) is 24.3 Å². The Labute approximate surface area is 118 Å². The zero-order chi connectivity index (χ0) is 14.3. The predicted octanol–water partition coefficient (Wildman–Crippen LogP) is 3.76. The molecule has 19 heavy (non-hydrogen) atoms. The average Bonchev–Trinajstić information content (AvgIpc) is 2.37. The van der Waals surface area contributed by atoms with Crippen LogP contribution < -0.4 is 10.1 Å². The largest absolute Gasteiger partial charge is 0.496 e. The minimum atomic E-state index is 0.648. The smallest absolute Gasteiger partial charge is 0.122 e. The summed E-state index contributed by atoms with van der Waals surface area (Å²) in [6, 6.07) is 8.35. The van der Waals surface area contributed by atoms with E-state index in [0.717, 1.165) is 25.3 Å². The van der Waals surface area contributed by atoms with Crippen molar-refractivity contribution in [3.63, 3.8) is 0 Å². The Morgan fingerprint density at radius 2 is 1.74 bits per heavy atom. The third-order valence-corrected chi connectivity index (χ3v) is 3.58. The Balaban J connectivity index is 2.62. The van der Waals surface area contributed by atoms with Gasteiger partial charge in [-0.15, -0.1) is 0 Å². The molecular formula is C17H29NO. The number of ether oxygens (including phenoxy) is 1. The Morgan fingerprint density at radius 1 is 1.05 bits per heavy atom. The number of hydrogen-bond donors (Lipinski definition) is 1. The third kappa shape index (κ3) is 5.65. The zero-order valence-electron chi connectivity index (χ0n) is 13.1. The Hall–Kier alpha value is -1.02. The molecule has 0 aliphatic heterocycles. The molecule has 0 aliphatic carbocycles. The van der Waals surface area contributed by atoms with Crippen LogP contribution in [0.25, 0.3) is 0 Å². The van der Waals surface area contributed by atoms with Crippen molar-refractivity contribution < 1.29 is 4.74 Å². The zero-order valence-corrected chi connectivity index (χ0v) is 13.1. The number of hydrogen-bond acceptors (Lipinski definition) is 2. The molecule has 108 valence electrons. The van der Waals surface area contributed by atoms with Crippen LogP contribution >= 0.6 is 0 Å². The average molecular weight is 263 g/mol. The molecule has 0 fully saturated rings. The highest BCUT2D eigenvalue weighted by atomic mass is 16.5. The van der Waals surface area contributed by atoms with Crippen LogP contribution in [0.3, 0.4) is 0 Å². The van der Waals surface area contributed by atoms with Crippen molar-refractivity contribution >= 4 is 0 Å². The van der Waals surface area contributed by atoms with Gasteiger partial charge in [0.15, 0.2) is 0 Å². The van der Waals surface area contributed by atoms with E-state index in [9.17, 15) is 0 Å². The first-order chi connectivity index (χ1) is 9.04. The first-order valence-electron chi connectivity index (χ1n) is 7.37. The summed E-state index contributed by atoms with van der Waals surface area (Å²) in [6.45, 7) is 11.3. The van der Waals surface area contributed by atoms with E-state index in [1.54, 1.807) is 7.11 Å². The van der Waals surface area contributed by atoms with Gasteiger partial charge >= 0.3 is 0 Å². The standard InChI is InChI=1S/C17H29NO/c1-13(2)11-18-12-16(14(3)4)10-15-8-6-7-9-17(15)19-5/h6-9,13-14,16,18H,10-12H2,1-5H3. The molecule has 1 atom stereocenters. The van der Waals surface area contributed by atoms with Crippen molar-refractivity contribution in [3.05, 3.63) is 29.8 Å². The lowest BCUT2D eigenvalue weighted by atomic mass is 9.88. The Morgan fingerprint density at radius 3 is 2.32 bits per heavy atom. The van der Waals surface area contributed by atoms with Crippen LogP contribution in [-0.2, 0) is 6.42 Å². The molecule has 0 saturated carbocycles. The van der Waals surface area contributed by atoms with Gasteiger partial charge in [0.1, 0.15) is 5.75 Å². The van der Waals surface area contributed by atoms with Gasteiger partial charge in [0, 0.05) is 0 Å². The molecule has 0 amide bonds. The maximum atomic E-state index is 5.45. The molecule has 0 spiro atoms. The minimum absolute atomic E-state index is 0.648. The lowest BCUT2D eigenvalue weighted by molar-refractivity contribution is 0.344. The SMILES string of the molecule is COc1ccccc1CC(CNCC(C)C)C(C)C. The van der Waals surface area contributed by atoms with Gasteiger partial charge in [-0.1, -0.05) is 45.9 Å². The summed E-state index contributed by atoms with van der Waals surface area (Å²) in [5.41, 5.74) is 1.31. The van der Waals surface area contributed by atoms with Crippen LogP contribution in [0.5, 0.6) is 5.75 Å². The highest BCUT2D eigenvalue weighted by Crippen LogP contribution is 2.24. The van der Waals surface area contributed by atoms with Gasteiger partial charge in [0.2, 0.25) is 0 Å². The van der Waals surface area contributed by atoms with Gasteiger partial charge in [0.25, 0.3) is 0 Å². The number of para-hydroxylation sites is 1. The highest BCUT2D eigenvalue weighted by molar-refractivity contribution is 5.33. The summed E-state index contributed by atoms with van der Waals surface area (Å²) in [5, 5.41) is 3.58. The van der Waals surface area contributed by atoms with Crippen LogP contribution in [0.4, 0.5) is 0 Å². The van der Waals surface area contributed by atoms with E-state index in [-0.39, 0.29) is 0 Å². The topological polar surface area (TPSA) is 21.3 Å². The summed E-state index contributed by atoms with van der Waals surface area (Å²) in [6.07, 6.45) is 1.08. The number of nitrogens with one attached hydrogen (secondary N) is 1. The van der Waals surface area contributed by atoms with E-state index in [4.69, 9.17) is 4.74 Å². The van der Waals surface area contributed by atoms with Crippen LogP contribution in [0, 0.1) is 17.8 Å². The van der Waals surface area contributed by atoms with Gasteiger partial charge in [-0.3, -0.25) is 0 Å². The normalized spacial score (nSPS) is 13.0. The summed E-state index contributed by atoms with van der Waals surface area (Å²) < 4.78 is 5.45. The summed E-state index contributed by atoms with van der Waals surface area (Å²) in [4.78, 5) is 0. The predicted molar refractivity (Wildman–Crippen MR) is 82.7 cm³/mol. The molecule has 1 aromatic carbocycles. The molecule has 2 nitrogen and oxygen atoms in total. The highest BCUT2D eigenvalue weighted by Gasteiger charge is 2.16. The van der Waals surface area contributed by atoms with Crippen molar-refractivity contribution in [2.75, 3.05) is 20.2 Å². The molecule has 0 radical (unpaired) electrons. The van der Waals surface area contributed by atoms with E-state index in [0.29, 0.717) is 17.8 Å². The molecule has 1 rings (SSSR count). The minimum Gasteiger partial charge on any atom is -0.496 e. The van der Waals surface area contributed by atoms with Crippen molar-refractivity contribution in [1.29, 1.82) is 0 Å². The second-order valence-corrected chi connectivity index (χ2v) is 6.07. The van der Waals surface area contributed by atoms with Crippen molar-refractivity contribution in [2.45, 2.75) is 34.1 Å². The van der Waals surface area contributed by atoms with Crippen LogP contribution in [0.1, 0.15) is 33.3 Å². The van der Waals surface area contributed by atoms with E-state index >= 15 is 0 Å². The summed E-state index contributed by atoms with van der Waals surface area (Å²) >= 11 is 0. The molecule has 0 aliphatic rings. The maximum absolute atomic E-state index is 5.45. The lowest BCUT2D eigenvalue weighted by Crippen LogP contribution is -2.30. The Kier molecular flexibility index (Phi) is 6.93. The fourth-order valence-corrected chi connectivity index (χ4v) is 2.26. The molecular weight excluding hydrogens is 234 g/mol. The molecule has 2 heteroatoms. The number of methoxy groups -OCH3 is 1. The van der Waals surface area contributed by atoms with Crippen molar-refractivity contribution in [2.24, 2.45) is 17.8 Å². The third-order valence-electron chi connectivity index (χ3n) is 3.58. The number of benzene rings is 1.